The molecule has 22 heavy (non-hydrogen) atoms. The van der Waals surface area contributed by atoms with E-state index in [-0.39, 0.29) is 5.91 Å². The van der Waals surface area contributed by atoms with Gasteiger partial charge < -0.3 is 4.90 Å². The number of piperidine rings is 1. The van der Waals surface area contributed by atoms with Gasteiger partial charge in [-0.3, -0.25) is 9.78 Å². The van der Waals surface area contributed by atoms with Crippen LogP contribution in [0.4, 0.5) is 0 Å². The molecule has 0 saturated carbocycles. The molecule has 1 aliphatic heterocycles. The van der Waals surface area contributed by atoms with Gasteiger partial charge in [0.25, 0.3) is 5.91 Å². The summed E-state index contributed by atoms with van der Waals surface area (Å²) in [7, 11) is 0. The van der Waals surface area contributed by atoms with E-state index in [1.165, 1.54) is 12.0 Å². The second-order valence-corrected chi connectivity index (χ2v) is 5.76. The summed E-state index contributed by atoms with van der Waals surface area (Å²) in [6.45, 7) is 0.828. The molecular formula is C18H21N3O. The second-order valence-electron chi connectivity index (χ2n) is 5.76. The normalized spacial score (nSPS) is 18.2. The van der Waals surface area contributed by atoms with Crippen molar-refractivity contribution in [3.05, 3.63) is 60.2 Å². The quantitative estimate of drug-likeness (QED) is 0.870. The number of amides is 1. The highest BCUT2D eigenvalue weighted by Crippen LogP contribution is 2.22. The first-order chi connectivity index (χ1) is 10.8. The second kappa shape index (κ2) is 7.16. The molecule has 1 unspecified atom stereocenters. The number of likely N-dealkylation sites (tertiary alicyclic amines) is 1. The van der Waals surface area contributed by atoms with E-state index < -0.39 is 0 Å². The minimum atomic E-state index is 0.0193. The first-order valence-corrected chi connectivity index (χ1v) is 7.95. The molecule has 0 bridgehead atoms. The molecule has 1 aromatic heterocycles. The Morgan fingerprint density at radius 1 is 1.18 bits per heavy atom. The van der Waals surface area contributed by atoms with Gasteiger partial charge in [-0.1, -0.05) is 30.3 Å². The molecule has 4 nitrogen and oxygen atoms in total. The van der Waals surface area contributed by atoms with E-state index in [4.69, 9.17) is 0 Å². The van der Waals surface area contributed by atoms with Crippen LogP contribution in [0.1, 0.15) is 41.7 Å². The highest BCUT2D eigenvalue weighted by atomic mass is 16.2. The van der Waals surface area contributed by atoms with Crippen LogP contribution in [0.3, 0.4) is 0 Å². The van der Waals surface area contributed by atoms with Crippen LogP contribution in [0.5, 0.6) is 0 Å². The zero-order valence-electron chi connectivity index (χ0n) is 12.7. The molecule has 0 radical (unpaired) electrons. The lowest BCUT2D eigenvalue weighted by molar-refractivity contribution is 0.0595. The van der Waals surface area contributed by atoms with Crippen molar-refractivity contribution in [3.8, 4) is 0 Å². The van der Waals surface area contributed by atoms with E-state index >= 15 is 0 Å². The van der Waals surface area contributed by atoms with Crippen molar-refractivity contribution in [2.45, 2.75) is 38.1 Å². The number of hydrogen-bond acceptors (Lipinski definition) is 3. The highest BCUT2D eigenvalue weighted by Gasteiger charge is 2.27. The van der Waals surface area contributed by atoms with Crippen LogP contribution in [-0.2, 0) is 6.42 Å². The minimum absolute atomic E-state index is 0.0193. The third-order valence-corrected chi connectivity index (χ3v) is 4.28. The molecule has 0 aliphatic carbocycles. The van der Waals surface area contributed by atoms with Crippen molar-refractivity contribution in [2.24, 2.45) is 0 Å². The zero-order valence-corrected chi connectivity index (χ0v) is 12.7. The molecule has 3 rings (SSSR count). The summed E-state index contributed by atoms with van der Waals surface area (Å²) in [5.41, 5.74) is 1.79. The molecule has 0 spiro atoms. The van der Waals surface area contributed by atoms with Gasteiger partial charge in [0.05, 0.1) is 6.20 Å². The van der Waals surface area contributed by atoms with Crippen molar-refractivity contribution in [1.29, 1.82) is 0 Å². The van der Waals surface area contributed by atoms with Crippen molar-refractivity contribution in [3.63, 3.8) is 0 Å². The van der Waals surface area contributed by atoms with E-state index in [0.29, 0.717) is 11.7 Å². The SMILES string of the molecule is O=C(c1cnccn1)N1CCCCC1CCc1ccccc1. The van der Waals surface area contributed by atoms with Gasteiger partial charge in [0, 0.05) is 25.0 Å². The molecule has 114 valence electrons. The molecule has 2 aromatic rings. The molecule has 1 saturated heterocycles. The molecule has 0 N–H and O–H groups in total. The van der Waals surface area contributed by atoms with Crippen molar-refractivity contribution in [2.75, 3.05) is 6.54 Å². The lowest BCUT2D eigenvalue weighted by Gasteiger charge is -2.35. The number of benzene rings is 1. The first-order valence-electron chi connectivity index (χ1n) is 7.95. The fourth-order valence-corrected chi connectivity index (χ4v) is 3.10. The summed E-state index contributed by atoms with van der Waals surface area (Å²) in [4.78, 5) is 22.8. The van der Waals surface area contributed by atoms with Crippen LogP contribution in [0.2, 0.25) is 0 Å². The third-order valence-electron chi connectivity index (χ3n) is 4.28. The summed E-state index contributed by atoms with van der Waals surface area (Å²) in [6.07, 6.45) is 10.1. The summed E-state index contributed by atoms with van der Waals surface area (Å²) < 4.78 is 0. The van der Waals surface area contributed by atoms with E-state index in [2.05, 4.69) is 34.2 Å². The van der Waals surface area contributed by atoms with Crippen LogP contribution in [-0.4, -0.2) is 33.4 Å². The Hall–Kier alpha value is -2.23. The number of aryl methyl sites for hydroxylation is 1. The lowest BCUT2D eigenvalue weighted by Crippen LogP contribution is -2.44. The Morgan fingerprint density at radius 2 is 2.05 bits per heavy atom. The number of carbonyl (C=O) groups is 1. The van der Waals surface area contributed by atoms with Crippen molar-refractivity contribution < 1.29 is 4.79 Å². The van der Waals surface area contributed by atoms with Crippen LogP contribution in [0.25, 0.3) is 0 Å². The first kappa shape index (κ1) is 14.7. The Morgan fingerprint density at radius 3 is 2.82 bits per heavy atom. The average Bonchev–Trinajstić information content (AvgIpc) is 2.61. The number of aromatic nitrogens is 2. The topological polar surface area (TPSA) is 46.1 Å². The molecule has 1 amide bonds. The van der Waals surface area contributed by atoms with Crippen LogP contribution >= 0.6 is 0 Å². The molecule has 1 fully saturated rings. The molecule has 2 heterocycles. The molecule has 1 atom stereocenters. The van der Waals surface area contributed by atoms with Gasteiger partial charge in [0.15, 0.2) is 0 Å². The Kier molecular flexibility index (Phi) is 4.78. The zero-order chi connectivity index (χ0) is 15.2. The molecule has 4 heteroatoms. The largest absolute Gasteiger partial charge is 0.334 e. The summed E-state index contributed by atoms with van der Waals surface area (Å²) in [5, 5.41) is 0. The number of rotatable bonds is 4. The van der Waals surface area contributed by atoms with Crippen molar-refractivity contribution >= 4 is 5.91 Å². The van der Waals surface area contributed by atoms with E-state index in [9.17, 15) is 4.79 Å². The van der Waals surface area contributed by atoms with Crippen LogP contribution in [0.15, 0.2) is 48.9 Å². The number of nitrogens with zero attached hydrogens (tertiary/aromatic N) is 3. The van der Waals surface area contributed by atoms with Gasteiger partial charge in [0.2, 0.25) is 0 Å². The van der Waals surface area contributed by atoms with Gasteiger partial charge >= 0.3 is 0 Å². The standard InChI is InChI=1S/C18H21N3O/c22-18(17-14-19-11-12-20-17)21-13-5-4-8-16(21)10-9-15-6-2-1-3-7-15/h1-3,6-7,11-12,14,16H,4-5,8-10,13H2. The molecular weight excluding hydrogens is 274 g/mol. The Labute approximate surface area is 131 Å². The fourth-order valence-electron chi connectivity index (χ4n) is 3.10. The van der Waals surface area contributed by atoms with E-state index in [1.807, 2.05) is 11.0 Å². The molecule has 1 aromatic carbocycles. The smallest absolute Gasteiger partial charge is 0.274 e. The highest BCUT2D eigenvalue weighted by molar-refractivity contribution is 5.92. The van der Waals surface area contributed by atoms with E-state index in [0.717, 1.165) is 32.2 Å². The molecule has 1 aliphatic rings. The van der Waals surface area contributed by atoms with Crippen LogP contribution in [0, 0.1) is 0 Å². The van der Waals surface area contributed by atoms with Crippen molar-refractivity contribution in [1.82, 2.24) is 14.9 Å². The van der Waals surface area contributed by atoms with Gasteiger partial charge in [-0.15, -0.1) is 0 Å². The average molecular weight is 295 g/mol. The predicted molar refractivity (Wildman–Crippen MR) is 85.5 cm³/mol. The predicted octanol–water partition coefficient (Wildman–Crippen LogP) is 3.10. The monoisotopic (exact) mass is 295 g/mol. The fraction of sp³-hybridized carbons (Fsp3) is 0.389. The Bertz CT molecular complexity index is 600. The van der Waals surface area contributed by atoms with Gasteiger partial charge in [0.1, 0.15) is 5.69 Å². The number of carbonyl (C=O) groups excluding carboxylic acids is 1. The van der Waals surface area contributed by atoms with Gasteiger partial charge in [-0.25, -0.2) is 4.98 Å². The summed E-state index contributed by atoms with van der Waals surface area (Å²) in [5.74, 6) is 0.0193. The lowest BCUT2D eigenvalue weighted by atomic mass is 9.95. The minimum Gasteiger partial charge on any atom is -0.334 e. The maximum absolute atomic E-state index is 12.6. The Balaban J connectivity index is 1.67. The summed E-state index contributed by atoms with van der Waals surface area (Å²) >= 11 is 0. The maximum Gasteiger partial charge on any atom is 0.274 e. The van der Waals surface area contributed by atoms with Gasteiger partial charge in [-0.05, 0) is 37.7 Å². The summed E-state index contributed by atoms with van der Waals surface area (Å²) in [6, 6.07) is 10.8. The van der Waals surface area contributed by atoms with Gasteiger partial charge in [-0.2, -0.15) is 0 Å². The van der Waals surface area contributed by atoms with Crippen LogP contribution < -0.4 is 0 Å². The maximum atomic E-state index is 12.6. The number of hydrogen-bond donors (Lipinski definition) is 0. The van der Waals surface area contributed by atoms with E-state index in [1.54, 1.807) is 18.6 Å². The third kappa shape index (κ3) is 3.50.